The van der Waals surface area contributed by atoms with Crippen LogP contribution in [0.5, 0.6) is 0 Å². The SMILES string of the molecule is CCNC(=NCC(c1ccco1)N1CCCCC1)NCCCN1CCCC1. The van der Waals surface area contributed by atoms with Gasteiger partial charge in [-0.2, -0.15) is 0 Å². The average Bonchev–Trinajstić information content (AvgIpc) is 3.40. The lowest BCUT2D eigenvalue weighted by atomic mass is 10.1. The maximum atomic E-state index is 5.74. The highest BCUT2D eigenvalue weighted by molar-refractivity contribution is 5.79. The lowest BCUT2D eigenvalue weighted by Crippen LogP contribution is -2.40. The van der Waals surface area contributed by atoms with Crippen molar-refractivity contribution in [3.05, 3.63) is 24.2 Å². The van der Waals surface area contributed by atoms with Crippen LogP contribution < -0.4 is 10.6 Å². The Kier molecular flexibility index (Phi) is 8.49. The monoisotopic (exact) mass is 375 g/mol. The number of rotatable bonds is 9. The Balaban J connectivity index is 1.52. The highest BCUT2D eigenvalue weighted by atomic mass is 16.3. The fourth-order valence-corrected chi connectivity index (χ4v) is 4.13. The number of hydrogen-bond acceptors (Lipinski definition) is 4. The first-order valence-corrected chi connectivity index (χ1v) is 10.9. The summed E-state index contributed by atoms with van der Waals surface area (Å²) in [6.45, 7) is 10.7. The topological polar surface area (TPSA) is 56.0 Å². The van der Waals surface area contributed by atoms with Gasteiger partial charge in [-0.15, -0.1) is 0 Å². The number of furan rings is 1. The van der Waals surface area contributed by atoms with E-state index in [9.17, 15) is 0 Å². The number of nitrogens with zero attached hydrogens (tertiary/aromatic N) is 3. The quantitative estimate of drug-likeness (QED) is 0.395. The normalized spacial score (nSPS) is 20.7. The fraction of sp³-hybridized carbons (Fsp3) is 0.762. The van der Waals surface area contributed by atoms with Crippen LogP contribution in [-0.4, -0.2) is 68.1 Å². The summed E-state index contributed by atoms with van der Waals surface area (Å²) in [4.78, 5) is 9.99. The first-order valence-electron chi connectivity index (χ1n) is 10.9. The van der Waals surface area contributed by atoms with Crippen LogP contribution in [0.1, 0.15) is 57.3 Å². The molecule has 3 heterocycles. The summed E-state index contributed by atoms with van der Waals surface area (Å²) in [6, 6.07) is 4.31. The van der Waals surface area contributed by atoms with Gasteiger partial charge in [0.2, 0.25) is 0 Å². The van der Waals surface area contributed by atoms with Crippen LogP contribution >= 0.6 is 0 Å². The van der Waals surface area contributed by atoms with Gasteiger partial charge >= 0.3 is 0 Å². The second-order valence-corrected chi connectivity index (χ2v) is 7.68. The first kappa shape index (κ1) is 20.2. The molecule has 2 fully saturated rings. The summed E-state index contributed by atoms with van der Waals surface area (Å²) in [5.74, 6) is 1.96. The van der Waals surface area contributed by atoms with Crippen LogP contribution in [-0.2, 0) is 0 Å². The third kappa shape index (κ3) is 6.54. The largest absolute Gasteiger partial charge is 0.468 e. The zero-order valence-corrected chi connectivity index (χ0v) is 17.0. The van der Waals surface area contributed by atoms with Gasteiger partial charge in [0.15, 0.2) is 5.96 Å². The standard InChI is InChI=1S/C21H37N5O/c1-2-22-21(23-11-9-14-25-12-6-7-13-25)24-18-19(20-10-8-17-27-20)26-15-4-3-5-16-26/h8,10,17,19H,2-7,9,11-16,18H2,1H3,(H2,22,23,24). The Bertz CT molecular complexity index is 533. The molecule has 2 saturated heterocycles. The Morgan fingerprint density at radius 1 is 1.11 bits per heavy atom. The van der Waals surface area contributed by atoms with Crippen molar-refractivity contribution in [1.29, 1.82) is 0 Å². The lowest BCUT2D eigenvalue weighted by Gasteiger charge is -2.32. The van der Waals surface area contributed by atoms with Crippen LogP contribution in [0, 0.1) is 0 Å². The Morgan fingerprint density at radius 2 is 1.89 bits per heavy atom. The molecule has 6 heteroatoms. The van der Waals surface area contributed by atoms with Crippen LogP contribution in [0.3, 0.4) is 0 Å². The van der Waals surface area contributed by atoms with E-state index in [-0.39, 0.29) is 6.04 Å². The second-order valence-electron chi connectivity index (χ2n) is 7.68. The third-order valence-electron chi connectivity index (χ3n) is 5.61. The van der Waals surface area contributed by atoms with Gasteiger partial charge in [0.1, 0.15) is 5.76 Å². The Labute approximate surface area is 164 Å². The van der Waals surface area contributed by atoms with Crippen molar-refractivity contribution in [3.8, 4) is 0 Å². The van der Waals surface area contributed by atoms with Crippen LogP contribution in [0.15, 0.2) is 27.8 Å². The number of guanidine groups is 1. The Morgan fingerprint density at radius 3 is 2.59 bits per heavy atom. The number of aliphatic imine (C=N–C) groups is 1. The van der Waals surface area contributed by atoms with Gasteiger partial charge < -0.3 is 20.0 Å². The van der Waals surface area contributed by atoms with E-state index in [0.29, 0.717) is 0 Å². The molecule has 1 aromatic rings. The van der Waals surface area contributed by atoms with Crippen LogP contribution in [0.4, 0.5) is 0 Å². The number of likely N-dealkylation sites (tertiary alicyclic amines) is 2. The summed E-state index contributed by atoms with van der Waals surface area (Å²) >= 11 is 0. The summed E-state index contributed by atoms with van der Waals surface area (Å²) in [7, 11) is 0. The molecule has 0 aliphatic carbocycles. The molecule has 1 atom stereocenters. The van der Waals surface area contributed by atoms with Gasteiger partial charge in [0, 0.05) is 13.1 Å². The summed E-state index contributed by atoms with van der Waals surface area (Å²) in [5, 5.41) is 6.90. The number of piperidine rings is 1. The molecule has 1 aromatic heterocycles. The molecule has 27 heavy (non-hydrogen) atoms. The third-order valence-corrected chi connectivity index (χ3v) is 5.61. The van der Waals surface area contributed by atoms with Gasteiger partial charge in [-0.05, 0) is 83.9 Å². The molecule has 0 aromatic carbocycles. The summed E-state index contributed by atoms with van der Waals surface area (Å²) < 4.78 is 5.74. The van der Waals surface area contributed by atoms with Gasteiger partial charge in [0.05, 0.1) is 18.8 Å². The van der Waals surface area contributed by atoms with Crippen molar-refractivity contribution in [1.82, 2.24) is 20.4 Å². The summed E-state index contributed by atoms with van der Waals surface area (Å²) in [6.07, 6.45) is 9.55. The molecule has 0 saturated carbocycles. The minimum Gasteiger partial charge on any atom is -0.468 e. The first-order chi connectivity index (χ1) is 13.4. The predicted molar refractivity (Wildman–Crippen MR) is 111 cm³/mol. The highest BCUT2D eigenvalue weighted by Gasteiger charge is 2.24. The van der Waals surface area contributed by atoms with Gasteiger partial charge in [-0.25, -0.2) is 0 Å². The van der Waals surface area contributed by atoms with Crippen molar-refractivity contribution in [3.63, 3.8) is 0 Å². The van der Waals surface area contributed by atoms with E-state index in [4.69, 9.17) is 9.41 Å². The molecular weight excluding hydrogens is 338 g/mol. The molecule has 0 radical (unpaired) electrons. The van der Waals surface area contributed by atoms with E-state index in [1.54, 1.807) is 6.26 Å². The van der Waals surface area contributed by atoms with Gasteiger partial charge in [0.25, 0.3) is 0 Å². The fourth-order valence-electron chi connectivity index (χ4n) is 4.13. The van der Waals surface area contributed by atoms with E-state index in [1.165, 1.54) is 51.7 Å². The number of nitrogens with one attached hydrogen (secondary N) is 2. The minimum atomic E-state index is 0.236. The average molecular weight is 376 g/mol. The van der Waals surface area contributed by atoms with Crippen molar-refractivity contribution < 1.29 is 4.42 Å². The van der Waals surface area contributed by atoms with E-state index in [2.05, 4.69) is 33.4 Å². The lowest BCUT2D eigenvalue weighted by molar-refractivity contribution is 0.150. The zero-order chi connectivity index (χ0) is 18.7. The van der Waals surface area contributed by atoms with Crippen molar-refractivity contribution in [2.45, 2.75) is 51.5 Å². The molecule has 152 valence electrons. The molecule has 2 aliphatic rings. The van der Waals surface area contributed by atoms with Crippen molar-refractivity contribution >= 4 is 5.96 Å². The molecule has 6 nitrogen and oxygen atoms in total. The van der Waals surface area contributed by atoms with E-state index >= 15 is 0 Å². The van der Waals surface area contributed by atoms with Crippen LogP contribution in [0.2, 0.25) is 0 Å². The van der Waals surface area contributed by atoms with Crippen molar-refractivity contribution in [2.75, 3.05) is 52.4 Å². The Hall–Kier alpha value is -1.53. The van der Waals surface area contributed by atoms with E-state index in [0.717, 1.165) is 50.9 Å². The molecular formula is C21H37N5O. The molecule has 0 amide bonds. The molecule has 2 N–H and O–H groups in total. The van der Waals surface area contributed by atoms with E-state index < -0.39 is 0 Å². The van der Waals surface area contributed by atoms with E-state index in [1.807, 2.05) is 6.07 Å². The van der Waals surface area contributed by atoms with Gasteiger partial charge in [-0.3, -0.25) is 9.89 Å². The maximum absolute atomic E-state index is 5.74. The summed E-state index contributed by atoms with van der Waals surface area (Å²) in [5.41, 5.74) is 0. The smallest absolute Gasteiger partial charge is 0.191 e. The number of hydrogen-bond donors (Lipinski definition) is 2. The molecule has 0 bridgehead atoms. The highest BCUT2D eigenvalue weighted by Crippen LogP contribution is 2.25. The molecule has 0 spiro atoms. The predicted octanol–water partition coefficient (Wildman–Crippen LogP) is 2.85. The van der Waals surface area contributed by atoms with Gasteiger partial charge in [-0.1, -0.05) is 6.42 Å². The van der Waals surface area contributed by atoms with Crippen molar-refractivity contribution in [2.24, 2.45) is 4.99 Å². The molecule has 1 unspecified atom stereocenters. The maximum Gasteiger partial charge on any atom is 0.191 e. The molecule has 3 rings (SSSR count). The minimum absolute atomic E-state index is 0.236. The molecule has 2 aliphatic heterocycles. The zero-order valence-electron chi connectivity index (χ0n) is 17.0. The second kappa shape index (κ2) is 11.3. The van der Waals surface area contributed by atoms with Crippen LogP contribution in [0.25, 0.3) is 0 Å².